The van der Waals surface area contributed by atoms with Crippen molar-refractivity contribution in [1.82, 2.24) is 0 Å². The lowest BCUT2D eigenvalue weighted by Gasteiger charge is -2.20. The molecule has 1 amide bonds. The highest BCUT2D eigenvalue weighted by Crippen LogP contribution is 2.34. The first kappa shape index (κ1) is 11.0. The van der Waals surface area contributed by atoms with E-state index in [1.165, 1.54) is 11.8 Å². The number of ether oxygens (including phenoxy) is 2. The molecule has 0 saturated carbocycles. The lowest BCUT2D eigenvalue weighted by molar-refractivity contribution is 0.144. The Morgan fingerprint density at radius 2 is 2.19 bits per heavy atom. The van der Waals surface area contributed by atoms with Gasteiger partial charge in [0.15, 0.2) is 5.44 Å². The Bertz CT molecular complexity index is 405. The zero-order chi connectivity index (χ0) is 11.4. The number of thioether (sulfide) groups is 1. The van der Waals surface area contributed by atoms with Gasteiger partial charge in [-0.05, 0) is 18.7 Å². The fourth-order valence-corrected chi connectivity index (χ4v) is 2.19. The summed E-state index contributed by atoms with van der Waals surface area (Å²) < 4.78 is 10.3. The van der Waals surface area contributed by atoms with Gasteiger partial charge in [-0.25, -0.2) is 4.79 Å². The van der Waals surface area contributed by atoms with Gasteiger partial charge in [0.25, 0.3) is 5.23 Å². The fourth-order valence-electron chi connectivity index (χ4n) is 1.27. The summed E-state index contributed by atoms with van der Waals surface area (Å²) in [5.41, 5.74) is 0.556. The van der Waals surface area contributed by atoms with Crippen LogP contribution in [0, 0.1) is 0 Å². The van der Waals surface area contributed by atoms with E-state index >= 15 is 0 Å². The number of carbonyl (C=O) groups is 1. The molecule has 1 unspecified atom stereocenters. The van der Waals surface area contributed by atoms with Gasteiger partial charge in [-0.3, -0.25) is 0 Å². The second-order valence-corrected chi connectivity index (χ2v) is 4.07. The SMILES string of the molecule is CCOC1=NC(=O)OC(c2ccccc2)S1. The van der Waals surface area contributed by atoms with Crippen LogP contribution >= 0.6 is 11.8 Å². The molecule has 1 aliphatic rings. The zero-order valence-corrected chi connectivity index (χ0v) is 9.57. The lowest BCUT2D eigenvalue weighted by atomic mass is 10.2. The molecular weight excluding hydrogens is 226 g/mol. The average Bonchev–Trinajstić information content (AvgIpc) is 2.30. The number of carbonyl (C=O) groups excluding carboxylic acids is 1. The molecule has 0 N–H and O–H groups in total. The standard InChI is InChI=1S/C11H11NO3S/c1-2-14-11-12-10(13)15-9(16-11)8-6-4-3-5-7-8/h3-7,9H,2H2,1H3. The van der Waals surface area contributed by atoms with Crippen molar-refractivity contribution >= 4 is 23.1 Å². The quantitative estimate of drug-likeness (QED) is 0.793. The minimum Gasteiger partial charge on any atom is -0.473 e. The van der Waals surface area contributed by atoms with Crippen molar-refractivity contribution < 1.29 is 14.3 Å². The summed E-state index contributed by atoms with van der Waals surface area (Å²) in [6, 6.07) is 9.52. The van der Waals surface area contributed by atoms with Gasteiger partial charge < -0.3 is 9.47 Å². The van der Waals surface area contributed by atoms with Crippen LogP contribution in [0.4, 0.5) is 4.79 Å². The predicted octanol–water partition coefficient (Wildman–Crippen LogP) is 2.96. The molecule has 0 aliphatic carbocycles. The number of amides is 1. The van der Waals surface area contributed by atoms with Gasteiger partial charge in [0.05, 0.1) is 6.61 Å². The van der Waals surface area contributed by atoms with Crippen molar-refractivity contribution in [3.63, 3.8) is 0 Å². The van der Waals surface area contributed by atoms with Crippen molar-refractivity contribution in [3.05, 3.63) is 35.9 Å². The summed E-state index contributed by atoms with van der Waals surface area (Å²) >= 11 is 1.30. The molecule has 4 nitrogen and oxygen atoms in total. The Morgan fingerprint density at radius 3 is 2.88 bits per heavy atom. The maximum atomic E-state index is 11.2. The van der Waals surface area contributed by atoms with Crippen molar-refractivity contribution in [3.8, 4) is 0 Å². The fraction of sp³-hybridized carbons (Fsp3) is 0.273. The van der Waals surface area contributed by atoms with E-state index in [1.807, 2.05) is 37.3 Å². The Hall–Kier alpha value is -1.49. The van der Waals surface area contributed by atoms with Gasteiger partial charge in [0, 0.05) is 5.56 Å². The molecule has 1 aromatic rings. The van der Waals surface area contributed by atoms with Crippen LogP contribution in [0.25, 0.3) is 0 Å². The second kappa shape index (κ2) is 5.03. The van der Waals surface area contributed by atoms with Gasteiger partial charge in [0.2, 0.25) is 0 Å². The molecule has 84 valence electrons. The first-order chi connectivity index (χ1) is 7.79. The number of nitrogens with zero attached hydrogens (tertiary/aromatic N) is 1. The van der Waals surface area contributed by atoms with E-state index in [-0.39, 0.29) is 5.44 Å². The summed E-state index contributed by atoms with van der Waals surface area (Å²) in [5, 5.41) is 0.368. The first-order valence-electron chi connectivity index (χ1n) is 4.93. The molecule has 1 heterocycles. The Morgan fingerprint density at radius 1 is 1.44 bits per heavy atom. The third-order valence-electron chi connectivity index (χ3n) is 1.94. The summed E-state index contributed by atoms with van der Waals surface area (Å²) in [4.78, 5) is 14.9. The van der Waals surface area contributed by atoms with Gasteiger partial charge in [-0.1, -0.05) is 30.3 Å². The Labute approximate surface area is 97.7 Å². The normalized spacial score (nSPS) is 19.9. The molecule has 0 fully saturated rings. The molecule has 2 rings (SSSR count). The highest BCUT2D eigenvalue weighted by Gasteiger charge is 2.26. The van der Waals surface area contributed by atoms with E-state index in [0.717, 1.165) is 5.56 Å². The van der Waals surface area contributed by atoms with Crippen LogP contribution in [-0.2, 0) is 9.47 Å². The molecular formula is C11H11NO3S. The van der Waals surface area contributed by atoms with Crippen LogP contribution in [0.15, 0.2) is 35.3 Å². The highest BCUT2D eigenvalue weighted by atomic mass is 32.2. The van der Waals surface area contributed by atoms with E-state index in [2.05, 4.69) is 4.99 Å². The number of hydrogen-bond acceptors (Lipinski definition) is 4. The number of aliphatic imine (C=N–C) groups is 1. The zero-order valence-electron chi connectivity index (χ0n) is 8.75. The third kappa shape index (κ3) is 2.55. The van der Waals surface area contributed by atoms with Gasteiger partial charge in [-0.15, -0.1) is 4.99 Å². The summed E-state index contributed by atoms with van der Waals surface area (Å²) in [5.74, 6) is 0. The molecule has 1 aromatic carbocycles. The van der Waals surface area contributed by atoms with Crippen LogP contribution in [0.1, 0.15) is 17.9 Å². The number of cyclic esters (lactones) is 1. The predicted molar refractivity (Wildman–Crippen MR) is 62.3 cm³/mol. The summed E-state index contributed by atoms with van der Waals surface area (Å²) in [6.45, 7) is 2.33. The second-order valence-electron chi connectivity index (χ2n) is 3.05. The van der Waals surface area contributed by atoms with Crippen LogP contribution in [-0.4, -0.2) is 17.9 Å². The van der Waals surface area contributed by atoms with E-state index in [9.17, 15) is 4.79 Å². The molecule has 1 atom stereocenters. The lowest BCUT2D eigenvalue weighted by Crippen LogP contribution is -2.17. The number of hydrogen-bond donors (Lipinski definition) is 0. The maximum absolute atomic E-state index is 11.2. The van der Waals surface area contributed by atoms with Crippen molar-refractivity contribution in [2.45, 2.75) is 12.4 Å². The summed E-state index contributed by atoms with van der Waals surface area (Å²) in [6.07, 6.45) is -0.601. The molecule has 0 spiro atoms. The smallest absolute Gasteiger partial charge is 0.438 e. The van der Waals surface area contributed by atoms with Crippen LogP contribution in [0.5, 0.6) is 0 Å². The van der Waals surface area contributed by atoms with Gasteiger partial charge in [-0.2, -0.15) is 0 Å². The van der Waals surface area contributed by atoms with Crippen molar-refractivity contribution in [1.29, 1.82) is 0 Å². The van der Waals surface area contributed by atoms with Crippen molar-refractivity contribution in [2.75, 3.05) is 6.61 Å². The van der Waals surface area contributed by atoms with Gasteiger partial charge in [0.1, 0.15) is 0 Å². The molecule has 0 saturated heterocycles. The molecule has 0 aromatic heterocycles. The van der Waals surface area contributed by atoms with E-state index in [4.69, 9.17) is 9.47 Å². The Balaban J connectivity index is 2.15. The minimum atomic E-state index is -0.601. The first-order valence-corrected chi connectivity index (χ1v) is 5.81. The topological polar surface area (TPSA) is 47.9 Å². The van der Waals surface area contributed by atoms with Crippen LogP contribution < -0.4 is 0 Å². The molecule has 16 heavy (non-hydrogen) atoms. The number of benzene rings is 1. The average molecular weight is 237 g/mol. The largest absolute Gasteiger partial charge is 0.473 e. The third-order valence-corrected chi connectivity index (χ3v) is 2.93. The molecule has 0 radical (unpaired) electrons. The van der Waals surface area contributed by atoms with Crippen LogP contribution in [0.3, 0.4) is 0 Å². The van der Waals surface area contributed by atoms with Gasteiger partial charge >= 0.3 is 6.09 Å². The minimum absolute atomic E-state index is 0.368. The highest BCUT2D eigenvalue weighted by molar-refractivity contribution is 8.13. The van der Waals surface area contributed by atoms with E-state index in [1.54, 1.807) is 0 Å². The van der Waals surface area contributed by atoms with E-state index in [0.29, 0.717) is 11.8 Å². The summed E-state index contributed by atoms with van der Waals surface area (Å²) in [7, 11) is 0. The maximum Gasteiger partial charge on any atom is 0.438 e. The van der Waals surface area contributed by atoms with Crippen molar-refractivity contribution in [2.24, 2.45) is 4.99 Å². The van der Waals surface area contributed by atoms with Crippen LogP contribution in [0.2, 0.25) is 0 Å². The molecule has 1 aliphatic heterocycles. The Kier molecular flexibility index (Phi) is 3.46. The molecule has 5 heteroatoms. The van der Waals surface area contributed by atoms with E-state index < -0.39 is 6.09 Å². The molecule has 0 bridgehead atoms. The number of rotatable bonds is 2. The monoisotopic (exact) mass is 237 g/mol.